The molecule has 0 unspecified atom stereocenters. The second-order valence-electron chi connectivity index (χ2n) is 7.37. The van der Waals surface area contributed by atoms with E-state index in [1.54, 1.807) is 6.20 Å². The Hall–Kier alpha value is -3.35. The summed E-state index contributed by atoms with van der Waals surface area (Å²) < 4.78 is 7.99. The fourth-order valence-corrected chi connectivity index (χ4v) is 3.24. The molecule has 3 rings (SSSR count). The van der Waals surface area contributed by atoms with E-state index in [0.717, 1.165) is 48.8 Å². The fourth-order valence-electron chi connectivity index (χ4n) is 3.24. The van der Waals surface area contributed by atoms with E-state index >= 15 is 0 Å². The van der Waals surface area contributed by atoms with Crippen LogP contribution in [0.3, 0.4) is 0 Å². The number of aromatic nitrogens is 3. The molecule has 0 atom stereocenters. The normalized spacial score (nSPS) is 11.4. The molecule has 7 nitrogen and oxygen atoms in total. The highest BCUT2D eigenvalue weighted by Gasteiger charge is 2.06. The summed E-state index contributed by atoms with van der Waals surface area (Å²) in [5.41, 5.74) is 4.32. The van der Waals surface area contributed by atoms with Crippen molar-refractivity contribution in [3.63, 3.8) is 0 Å². The van der Waals surface area contributed by atoms with E-state index in [2.05, 4.69) is 40.6 Å². The summed E-state index contributed by atoms with van der Waals surface area (Å²) in [6.45, 7) is 9.64. The van der Waals surface area contributed by atoms with Crippen LogP contribution in [0.15, 0.2) is 59.7 Å². The van der Waals surface area contributed by atoms with E-state index in [1.165, 1.54) is 5.69 Å². The summed E-state index contributed by atoms with van der Waals surface area (Å²) in [6.07, 6.45) is 2.71. The molecule has 0 saturated carbocycles. The number of nitrogens with zero attached hydrogens (tertiary/aromatic N) is 4. The maximum atomic E-state index is 5.95. The van der Waals surface area contributed by atoms with Crippen molar-refractivity contribution in [1.29, 1.82) is 0 Å². The van der Waals surface area contributed by atoms with Crippen molar-refractivity contribution in [3.05, 3.63) is 77.2 Å². The summed E-state index contributed by atoms with van der Waals surface area (Å²) in [5.74, 6) is 1.41. The van der Waals surface area contributed by atoms with Gasteiger partial charge in [-0.05, 0) is 44.9 Å². The van der Waals surface area contributed by atoms with Crippen LogP contribution in [-0.2, 0) is 19.7 Å². The Labute approximate surface area is 184 Å². The molecule has 2 aromatic heterocycles. The standard InChI is InChI=1S/C24H32N6O/c1-4-25-24(27-14-9-15-30-20(3)16-19(2)29-30)28-17-22-12-8-13-26-23(22)31-18-21-10-6-5-7-11-21/h5-8,10-13,16H,4,9,14-15,17-18H2,1-3H3,(H2,25,27,28). The Morgan fingerprint density at radius 2 is 1.94 bits per heavy atom. The maximum Gasteiger partial charge on any atom is 0.218 e. The lowest BCUT2D eigenvalue weighted by molar-refractivity contribution is 0.290. The van der Waals surface area contributed by atoms with Crippen LogP contribution in [0.25, 0.3) is 0 Å². The lowest BCUT2D eigenvalue weighted by Gasteiger charge is -2.13. The number of ether oxygens (including phenoxy) is 1. The second-order valence-corrected chi connectivity index (χ2v) is 7.37. The first kappa shape index (κ1) is 22.3. The Kier molecular flexibility index (Phi) is 8.46. The van der Waals surface area contributed by atoms with E-state index < -0.39 is 0 Å². The molecule has 2 N–H and O–H groups in total. The summed E-state index contributed by atoms with van der Waals surface area (Å²) in [4.78, 5) is 9.11. The zero-order chi connectivity index (χ0) is 21.9. The zero-order valence-corrected chi connectivity index (χ0v) is 18.6. The van der Waals surface area contributed by atoms with Crippen molar-refractivity contribution < 1.29 is 4.74 Å². The molecule has 164 valence electrons. The van der Waals surface area contributed by atoms with E-state index in [1.807, 2.05) is 54.1 Å². The summed E-state index contributed by atoms with van der Waals surface area (Å²) in [7, 11) is 0. The van der Waals surface area contributed by atoms with Crippen LogP contribution in [0.2, 0.25) is 0 Å². The Morgan fingerprint density at radius 3 is 2.68 bits per heavy atom. The van der Waals surface area contributed by atoms with Gasteiger partial charge in [-0.3, -0.25) is 4.68 Å². The van der Waals surface area contributed by atoms with Crippen LogP contribution < -0.4 is 15.4 Å². The minimum Gasteiger partial charge on any atom is -0.473 e. The molecule has 0 bridgehead atoms. The molecule has 2 heterocycles. The molecule has 7 heteroatoms. The SMILES string of the molecule is CCNC(=NCc1cccnc1OCc1ccccc1)NCCCn1nc(C)cc1C. The minimum absolute atomic E-state index is 0.485. The topological polar surface area (TPSA) is 76.4 Å². The van der Waals surface area contributed by atoms with Gasteiger partial charge in [0, 0.05) is 37.1 Å². The lowest BCUT2D eigenvalue weighted by Crippen LogP contribution is -2.38. The molecule has 0 fully saturated rings. The van der Waals surface area contributed by atoms with Crippen molar-refractivity contribution in [2.75, 3.05) is 13.1 Å². The number of rotatable bonds is 10. The Morgan fingerprint density at radius 1 is 1.10 bits per heavy atom. The van der Waals surface area contributed by atoms with Gasteiger partial charge in [0.05, 0.1) is 12.2 Å². The van der Waals surface area contributed by atoms with Crippen molar-refractivity contribution in [2.24, 2.45) is 4.99 Å². The Bertz CT molecular complexity index is 967. The molecule has 31 heavy (non-hydrogen) atoms. The number of hydrogen-bond donors (Lipinski definition) is 2. The summed E-state index contributed by atoms with van der Waals surface area (Å²) >= 11 is 0. The molecule has 1 aromatic carbocycles. The van der Waals surface area contributed by atoms with Gasteiger partial charge in [0.2, 0.25) is 5.88 Å². The Balaban J connectivity index is 1.54. The fraction of sp³-hybridized carbons (Fsp3) is 0.375. The third-order valence-corrected chi connectivity index (χ3v) is 4.76. The third kappa shape index (κ3) is 7.13. The number of aliphatic imine (C=N–C) groups is 1. The van der Waals surface area contributed by atoms with E-state index in [-0.39, 0.29) is 0 Å². The van der Waals surface area contributed by atoms with Crippen LogP contribution >= 0.6 is 0 Å². The predicted molar refractivity (Wildman–Crippen MR) is 124 cm³/mol. The number of hydrogen-bond acceptors (Lipinski definition) is 4. The van der Waals surface area contributed by atoms with Crippen LogP contribution in [0.1, 0.15) is 35.9 Å². The van der Waals surface area contributed by atoms with Crippen molar-refractivity contribution in [3.8, 4) is 5.88 Å². The van der Waals surface area contributed by atoms with Crippen molar-refractivity contribution in [2.45, 2.75) is 46.9 Å². The average molecular weight is 421 g/mol. The van der Waals surface area contributed by atoms with Crippen LogP contribution in [0.4, 0.5) is 0 Å². The van der Waals surface area contributed by atoms with Gasteiger partial charge in [-0.15, -0.1) is 0 Å². The lowest BCUT2D eigenvalue weighted by atomic mass is 10.2. The molecule has 3 aromatic rings. The van der Waals surface area contributed by atoms with Gasteiger partial charge in [-0.2, -0.15) is 5.10 Å². The molecule has 0 amide bonds. The van der Waals surface area contributed by atoms with Gasteiger partial charge in [-0.1, -0.05) is 36.4 Å². The minimum atomic E-state index is 0.485. The highest BCUT2D eigenvalue weighted by Crippen LogP contribution is 2.17. The summed E-state index contributed by atoms with van der Waals surface area (Å²) in [6, 6.07) is 16.1. The number of guanidine groups is 1. The molecular formula is C24H32N6O. The quantitative estimate of drug-likeness (QED) is 0.298. The molecule has 0 aliphatic rings. The highest BCUT2D eigenvalue weighted by molar-refractivity contribution is 5.79. The van der Waals surface area contributed by atoms with E-state index in [9.17, 15) is 0 Å². The molecular weight excluding hydrogens is 388 g/mol. The van der Waals surface area contributed by atoms with Crippen LogP contribution in [0, 0.1) is 13.8 Å². The molecule has 0 radical (unpaired) electrons. The zero-order valence-electron chi connectivity index (χ0n) is 18.6. The number of benzene rings is 1. The molecule has 0 aliphatic carbocycles. The van der Waals surface area contributed by atoms with Crippen molar-refractivity contribution >= 4 is 5.96 Å². The van der Waals surface area contributed by atoms with Crippen LogP contribution in [0.5, 0.6) is 5.88 Å². The number of nitrogens with one attached hydrogen (secondary N) is 2. The maximum absolute atomic E-state index is 5.95. The monoisotopic (exact) mass is 420 g/mol. The van der Waals surface area contributed by atoms with Gasteiger partial charge in [0.15, 0.2) is 5.96 Å². The van der Waals surface area contributed by atoms with Gasteiger partial charge in [0.1, 0.15) is 6.61 Å². The first-order valence-corrected chi connectivity index (χ1v) is 10.8. The smallest absolute Gasteiger partial charge is 0.218 e. The average Bonchev–Trinajstić information content (AvgIpc) is 3.11. The van der Waals surface area contributed by atoms with Gasteiger partial charge < -0.3 is 15.4 Å². The molecule has 0 saturated heterocycles. The number of aryl methyl sites for hydroxylation is 3. The highest BCUT2D eigenvalue weighted by atomic mass is 16.5. The summed E-state index contributed by atoms with van der Waals surface area (Å²) in [5, 5.41) is 11.2. The second kappa shape index (κ2) is 11.7. The number of pyridine rings is 1. The third-order valence-electron chi connectivity index (χ3n) is 4.76. The van der Waals surface area contributed by atoms with Gasteiger partial charge in [0.25, 0.3) is 0 Å². The first-order valence-electron chi connectivity index (χ1n) is 10.8. The van der Waals surface area contributed by atoms with Gasteiger partial charge in [-0.25, -0.2) is 9.98 Å². The van der Waals surface area contributed by atoms with Crippen molar-refractivity contribution in [1.82, 2.24) is 25.4 Å². The van der Waals surface area contributed by atoms with Gasteiger partial charge >= 0.3 is 0 Å². The largest absolute Gasteiger partial charge is 0.473 e. The van der Waals surface area contributed by atoms with E-state index in [0.29, 0.717) is 19.0 Å². The van der Waals surface area contributed by atoms with E-state index in [4.69, 9.17) is 9.73 Å². The van der Waals surface area contributed by atoms with Crippen LogP contribution in [-0.4, -0.2) is 33.8 Å². The first-order chi connectivity index (χ1) is 15.2. The predicted octanol–water partition coefficient (Wildman–Crippen LogP) is 3.62. The molecule has 0 spiro atoms. The molecule has 0 aliphatic heterocycles.